The van der Waals surface area contributed by atoms with Gasteiger partial charge in [0.15, 0.2) is 11.1 Å². The highest BCUT2D eigenvalue weighted by Crippen LogP contribution is 2.33. The molecule has 0 amide bonds. The third-order valence-electron chi connectivity index (χ3n) is 2.57. The van der Waals surface area contributed by atoms with Gasteiger partial charge < -0.3 is 9.29 Å². The van der Waals surface area contributed by atoms with E-state index in [1.165, 1.54) is 18.9 Å². The lowest BCUT2D eigenvalue weighted by atomic mass is 10.3. The van der Waals surface area contributed by atoms with E-state index in [1.807, 2.05) is 0 Å². The molecule has 2 rings (SSSR count). The molecule has 1 aromatic carbocycles. The molecule has 1 aromatic rings. The van der Waals surface area contributed by atoms with Crippen LogP contribution >= 0.6 is 11.6 Å². The van der Waals surface area contributed by atoms with Crippen LogP contribution in [0.15, 0.2) is 23.1 Å². The van der Waals surface area contributed by atoms with E-state index in [9.17, 15) is 4.21 Å². The Kier molecular flexibility index (Phi) is 3.84. The van der Waals surface area contributed by atoms with Gasteiger partial charge in [-0.15, -0.1) is 0 Å². The van der Waals surface area contributed by atoms with Crippen molar-refractivity contribution in [3.8, 4) is 5.75 Å². The van der Waals surface area contributed by atoms with Gasteiger partial charge in [-0.05, 0) is 30.5 Å². The van der Waals surface area contributed by atoms with E-state index in [0.29, 0.717) is 17.4 Å². The van der Waals surface area contributed by atoms with Crippen molar-refractivity contribution in [1.82, 2.24) is 0 Å². The number of rotatable bonds is 5. The van der Waals surface area contributed by atoms with Crippen molar-refractivity contribution in [2.75, 3.05) is 6.61 Å². The maximum absolute atomic E-state index is 11.1. The van der Waals surface area contributed by atoms with Crippen molar-refractivity contribution in [1.29, 1.82) is 0 Å². The molecule has 1 unspecified atom stereocenters. The van der Waals surface area contributed by atoms with Gasteiger partial charge in [0.25, 0.3) is 0 Å². The van der Waals surface area contributed by atoms with Gasteiger partial charge in [0.05, 0.1) is 6.61 Å². The maximum atomic E-state index is 11.1. The van der Waals surface area contributed by atoms with Crippen LogP contribution in [0, 0.1) is 5.92 Å². The largest absolute Gasteiger partial charge is 0.492 e. The number of hydrogen-bond acceptors (Lipinski definition) is 2. The Bertz CT molecular complexity index is 404. The molecule has 1 N–H and O–H groups in total. The Labute approximate surface area is 102 Å². The first-order valence-electron chi connectivity index (χ1n) is 5.20. The zero-order chi connectivity index (χ0) is 11.5. The van der Waals surface area contributed by atoms with E-state index in [2.05, 4.69) is 0 Å². The summed E-state index contributed by atoms with van der Waals surface area (Å²) in [6, 6.07) is 4.76. The molecule has 1 atom stereocenters. The average Bonchev–Trinajstić information content (AvgIpc) is 3.04. The summed E-state index contributed by atoms with van der Waals surface area (Å²) < 4.78 is 25.6. The smallest absolute Gasteiger partial charge is 0.190 e. The second-order valence-electron chi connectivity index (χ2n) is 3.92. The lowest BCUT2D eigenvalue weighted by Gasteiger charge is -2.09. The lowest BCUT2D eigenvalue weighted by molar-refractivity contribution is 0.295. The fourth-order valence-corrected chi connectivity index (χ4v) is 2.24. The molecular formula is C11H13ClO3S. The van der Waals surface area contributed by atoms with Gasteiger partial charge in [-0.2, -0.15) is 0 Å². The lowest BCUT2D eigenvalue weighted by Crippen LogP contribution is -2.02. The minimum atomic E-state index is -2.06. The van der Waals surface area contributed by atoms with Crippen molar-refractivity contribution >= 4 is 22.7 Å². The second kappa shape index (κ2) is 5.17. The molecule has 16 heavy (non-hydrogen) atoms. The topological polar surface area (TPSA) is 46.5 Å². The third kappa shape index (κ3) is 3.20. The van der Waals surface area contributed by atoms with Crippen molar-refractivity contribution in [3.05, 3.63) is 23.2 Å². The summed E-state index contributed by atoms with van der Waals surface area (Å²) in [5.41, 5.74) is 0. The van der Waals surface area contributed by atoms with Gasteiger partial charge in [0.2, 0.25) is 0 Å². The Balaban J connectivity index is 2.02. The fourth-order valence-electron chi connectivity index (χ4n) is 1.48. The highest BCUT2D eigenvalue weighted by atomic mass is 35.5. The molecule has 0 aromatic heterocycles. The predicted octanol–water partition coefficient (Wildman–Crippen LogP) is 3.10. The fraction of sp³-hybridized carbons (Fsp3) is 0.455. The van der Waals surface area contributed by atoms with Crippen LogP contribution in [0.5, 0.6) is 5.75 Å². The highest BCUT2D eigenvalue weighted by molar-refractivity contribution is 7.79. The molecule has 3 nitrogen and oxygen atoms in total. The molecule has 5 heteroatoms. The Morgan fingerprint density at radius 1 is 1.50 bits per heavy atom. The molecule has 1 fully saturated rings. The first kappa shape index (κ1) is 11.9. The summed E-state index contributed by atoms with van der Waals surface area (Å²) in [6.07, 6.45) is 3.58. The van der Waals surface area contributed by atoms with Gasteiger partial charge in [0.1, 0.15) is 10.6 Å². The van der Waals surface area contributed by atoms with Gasteiger partial charge in [0, 0.05) is 5.02 Å². The van der Waals surface area contributed by atoms with E-state index in [0.717, 1.165) is 12.3 Å². The first-order chi connectivity index (χ1) is 7.66. The molecule has 0 saturated heterocycles. The standard InChI is InChI=1S/C11H13ClO3S/c12-9-3-4-10(11(7-9)16(13)14)15-6-5-8-1-2-8/h3-4,7-8H,1-2,5-6H2,(H,13,14). The SMILES string of the molecule is O=S(O)c1cc(Cl)ccc1OCCC1CC1. The van der Waals surface area contributed by atoms with Crippen LogP contribution in [0.2, 0.25) is 5.02 Å². The van der Waals surface area contributed by atoms with Gasteiger partial charge in [-0.3, -0.25) is 0 Å². The van der Waals surface area contributed by atoms with E-state index < -0.39 is 11.1 Å². The average molecular weight is 261 g/mol. The van der Waals surface area contributed by atoms with Crippen LogP contribution in [-0.4, -0.2) is 15.4 Å². The molecule has 1 saturated carbocycles. The molecule has 0 aliphatic heterocycles. The van der Waals surface area contributed by atoms with Crippen LogP contribution in [-0.2, 0) is 11.1 Å². The Morgan fingerprint density at radius 2 is 2.25 bits per heavy atom. The van der Waals surface area contributed by atoms with Crippen LogP contribution in [0.1, 0.15) is 19.3 Å². The summed E-state index contributed by atoms with van der Waals surface area (Å²) >= 11 is 3.70. The molecule has 1 aliphatic carbocycles. The van der Waals surface area contributed by atoms with Crippen molar-refractivity contribution < 1.29 is 13.5 Å². The van der Waals surface area contributed by atoms with Crippen molar-refractivity contribution in [2.45, 2.75) is 24.2 Å². The van der Waals surface area contributed by atoms with Crippen LogP contribution in [0.25, 0.3) is 0 Å². The van der Waals surface area contributed by atoms with Gasteiger partial charge in [-0.25, -0.2) is 4.21 Å². The number of hydrogen-bond donors (Lipinski definition) is 1. The summed E-state index contributed by atoms with van der Waals surface area (Å²) in [5, 5.41) is 0.437. The number of benzene rings is 1. The molecule has 88 valence electrons. The van der Waals surface area contributed by atoms with Gasteiger partial charge in [-0.1, -0.05) is 24.4 Å². The van der Waals surface area contributed by atoms with Crippen LogP contribution < -0.4 is 4.74 Å². The molecule has 0 radical (unpaired) electrons. The summed E-state index contributed by atoms with van der Waals surface area (Å²) in [4.78, 5) is 0.239. The van der Waals surface area contributed by atoms with E-state index in [4.69, 9.17) is 20.9 Å². The minimum Gasteiger partial charge on any atom is -0.492 e. The molecule has 0 bridgehead atoms. The number of ether oxygens (including phenoxy) is 1. The summed E-state index contributed by atoms with van der Waals surface area (Å²) in [7, 11) is 0. The van der Waals surface area contributed by atoms with Crippen molar-refractivity contribution in [2.24, 2.45) is 5.92 Å². The van der Waals surface area contributed by atoms with Crippen molar-refractivity contribution in [3.63, 3.8) is 0 Å². The minimum absolute atomic E-state index is 0.239. The molecule has 1 aliphatic rings. The highest BCUT2D eigenvalue weighted by Gasteiger charge is 2.21. The Morgan fingerprint density at radius 3 is 2.88 bits per heavy atom. The predicted molar refractivity (Wildman–Crippen MR) is 63.3 cm³/mol. The monoisotopic (exact) mass is 260 g/mol. The van der Waals surface area contributed by atoms with Crippen LogP contribution in [0.3, 0.4) is 0 Å². The summed E-state index contributed by atoms with van der Waals surface area (Å²) in [5.74, 6) is 1.24. The van der Waals surface area contributed by atoms with E-state index in [-0.39, 0.29) is 4.90 Å². The molecule has 0 heterocycles. The molecule has 0 spiro atoms. The number of halogens is 1. The molecular weight excluding hydrogens is 248 g/mol. The van der Waals surface area contributed by atoms with Crippen LogP contribution in [0.4, 0.5) is 0 Å². The van der Waals surface area contributed by atoms with E-state index in [1.54, 1.807) is 12.1 Å². The van der Waals surface area contributed by atoms with E-state index >= 15 is 0 Å². The third-order valence-corrected chi connectivity index (χ3v) is 3.50. The second-order valence-corrected chi connectivity index (χ2v) is 5.30. The van der Waals surface area contributed by atoms with Gasteiger partial charge >= 0.3 is 0 Å². The maximum Gasteiger partial charge on any atom is 0.190 e. The zero-order valence-electron chi connectivity index (χ0n) is 8.69. The first-order valence-corrected chi connectivity index (χ1v) is 6.68. The summed E-state index contributed by atoms with van der Waals surface area (Å²) in [6.45, 7) is 0.594. The normalized spacial score (nSPS) is 17.1. The zero-order valence-corrected chi connectivity index (χ0v) is 10.3. The Hall–Kier alpha value is -0.580. The quantitative estimate of drug-likeness (QED) is 0.828.